The Balaban J connectivity index is 1.78. The van der Waals surface area contributed by atoms with Gasteiger partial charge < -0.3 is 20.4 Å². The summed E-state index contributed by atoms with van der Waals surface area (Å²) in [6, 6.07) is 7.77. The maximum atomic E-state index is 12.1. The molecule has 0 saturated carbocycles. The maximum Gasteiger partial charge on any atom is 0.225 e. The average Bonchev–Trinajstić information content (AvgIpc) is 2.94. The first-order valence-corrected chi connectivity index (χ1v) is 8.00. The highest BCUT2D eigenvalue weighted by atomic mass is 16.2. The Labute approximate surface area is 137 Å². The maximum absolute atomic E-state index is 12.1. The zero-order valence-corrected chi connectivity index (χ0v) is 14.1. The third kappa shape index (κ3) is 5.65. The molecule has 0 bridgehead atoms. The molecule has 1 heterocycles. The molecule has 1 aromatic carbocycles. The van der Waals surface area contributed by atoms with Crippen LogP contribution < -0.4 is 10.6 Å². The van der Waals surface area contributed by atoms with Crippen molar-refractivity contribution in [3.8, 4) is 0 Å². The second-order valence-electron chi connectivity index (χ2n) is 6.27. The monoisotopic (exact) mass is 318 g/mol. The molecule has 1 fully saturated rings. The van der Waals surface area contributed by atoms with Crippen molar-refractivity contribution < 1.29 is 9.59 Å². The minimum absolute atomic E-state index is 0.00159. The number of amides is 2. The van der Waals surface area contributed by atoms with Crippen LogP contribution in [0.25, 0.3) is 0 Å². The lowest BCUT2D eigenvalue weighted by atomic mass is 10.2. The van der Waals surface area contributed by atoms with Crippen LogP contribution >= 0.6 is 0 Å². The molecule has 2 rings (SSSR count). The van der Waals surface area contributed by atoms with Gasteiger partial charge in [0.05, 0.1) is 0 Å². The van der Waals surface area contributed by atoms with Crippen LogP contribution in [-0.2, 0) is 9.59 Å². The number of nitrogens with one attached hydrogen (secondary N) is 2. The molecule has 126 valence electrons. The Morgan fingerprint density at radius 3 is 2.57 bits per heavy atom. The van der Waals surface area contributed by atoms with Crippen LogP contribution in [-0.4, -0.2) is 61.4 Å². The number of carbonyl (C=O) groups is 2. The summed E-state index contributed by atoms with van der Waals surface area (Å²) in [4.78, 5) is 27.7. The normalized spacial score (nSPS) is 18.2. The van der Waals surface area contributed by atoms with Crippen molar-refractivity contribution in [1.29, 1.82) is 0 Å². The van der Waals surface area contributed by atoms with Crippen LogP contribution in [0.2, 0.25) is 0 Å². The fourth-order valence-electron chi connectivity index (χ4n) is 2.80. The van der Waals surface area contributed by atoms with Gasteiger partial charge in [-0.2, -0.15) is 0 Å². The molecule has 2 amide bonds. The summed E-state index contributed by atoms with van der Waals surface area (Å²) in [7, 11) is 4.20. The second-order valence-corrected chi connectivity index (χ2v) is 6.27. The number of likely N-dealkylation sites (N-methyl/N-ethyl adjacent to an activating group) is 1. The Kier molecular flexibility index (Phi) is 6.12. The number of anilines is 2. The van der Waals surface area contributed by atoms with E-state index in [1.165, 1.54) is 6.92 Å². The predicted molar refractivity (Wildman–Crippen MR) is 92.5 cm³/mol. The van der Waals surface area contributed by atoms with E-state index in [0.29, 0.717) is 23.8 Å². The third-order valence-corrected chi connectivity index (χ3v) is 4.10. The lowest BCUT2D eigenvalue weighted by molar-refractivity contribution is -0.116. The Morgan fingerprint density at radius 2 is 1.96 bits per heavy atom. The summed E-state index contributed by atoms with van der Waals surface area (Å²) in [6.45, 7) is 4.32. The van der Waals surface area contributed by atoms with Crippen molar-refractivity contribution in [1.82, 2.24) is 9.80 Å². The van der Waals surface area contributed by atoms with Gasteiger partial charge >= 0.3 is 0 Å². The highest BCUT2D eigenvalue weighted by molar-refractivity contribution is 5.93. The molecule has 0 aliphatic carbocycles. The molecule has 6 nitrogen and oxygen atoms in total. The van der Waals surface area contributed by atoms with E-state index in [0.717, 1.165) is 26.1 Å². The number of nitrogens with zero attached hydrogens (tertiary/aromatic N) is 2. The first kappa shape index (κ1) is 17.4. The number of rotatable bonds is 6. The first-order chi connectivity index (χ1) is 10.9. The molecule has 1 aliphatic rings. The lowest BCUT2D eigenvalue weighted by Crippen LogP contribution is -2.32. The van der Waals surface area contributed by atoms with Crippen LogP contribution in [0.3, 0.4) is 0 Å². The van der Waals surface area contributed by atoms with Gasteiger partial charge in [0, 0.05) is 43.9 Å². The van der Waals surface area contributed by atoms with Crippen LogP contribution in [0, 0.1) is 0 Å². The summed E-state index contributed by atoms with van der Waals surface area (Å²) in [6.07, 6.45) is 1.64. The zero-order chi connectivity index (χ0) is 16.8. The van der Waals surface area contributed by atoms with E-state index in [4.69, 9.17) is 0 Å². The highest BCUT2D eigenvalue weighted by Gasteiger charge is 2.23. The van der Waals surface area contributed by atoms with Crippen LogP contribution in [0.1, 0.15) is 19.8 Å². The number of hydrogen-bond donors (Lipinski definition) is 2. The molecular formula is C17H26N4O2. The van der Waals surface area contributed by atoms with E-state index in [-0.39, 0.29) is 11.8 Å². The molecule has 0 spiro atoms. The van der Waals surface area contributed by atoms with Gasteiger partial charge in [-0.05, 0) is 45.3 Å². The lowest BCUT2D eigenvalue weighted by Gasteiger charge is -2.20. The molecule has 23 heavy (non-hydrogen) atoms. The van der Waals surface area contributed by atoms with Crippen LogP contribution in [0.5, 0.6) is 0 Å². The molecular weight excluding hydrogens is 292 g/mol. The Morgan fingerprint density at radius 1 is 1.26 bits per heavy atom. The van der Waals surface area contributed by atoms with Crippen LogP contribution in [0.4, 0.5) is 11.4 Å². The average molecular weight is 318 g/mol. The van der Waals surface area contributed by atoms with Gasteiger partial charge in [0.25, 0.3) is 0 Å². The molecule has 1 atom stereocenters. The Hall–Kier alpha value is -1.92. The summed E-state index contributed by atoms with van der Waals surface area (Å²) in [5, 5.41) is 5.59. The van der Waals surface area contributed by atoms with Crippen molar-refractivity contribution in [2.45, 2.75) is 25.8 Å². The van der Waals surface area contributed by atoms with Crippen molar-refractivity contribution in [2.24, 2.45) is 0 Å². The van der Waals surface area contributed by atoms with E-state index in [9.17, 15) is 9.59 Å². The minimum atomic E-state index is -0.127. The van der Waals surface area contributed by atoms with Gasteiger partial charge in [0.1, 0.15) is 0 Å². The molecule has 0 aromatic heterocycles. The van der Waals surface area contributed by atoms with E-state index >= 15 is 0 Å². The molecule has 1 saturated heterocycles. The van der Waals surface area contributed by atoms with E-state index in [1.54, 1.807) is 12.1 Å². The topological polar surface area (TPSA) is 64.7 Å². The Bertz CT molecular complexity index is 559. The fraction of sp³-hybridized carbons (Fsp3) is 0.529. The van der Waals surface area contributed by atoms with Crippen molar-refractivity contribution in [3.63, 3.8) is 0 Å². The highest BCUT2D eigenvalue weighted by Crippen LogP contribution is 2.16. The summed E-state index contributed by atoms with van der Waals surface area (Å²) < 4.78 is 0. The quantitative estimate of drug-likeness (QED) is 0.836. The third-order valence-electron chi connectivity index (χ3n) is 4.10. The van der Waals surface area contributed by atoms with E-state index in [2.05, 4.69) is 34.5 Å². The van der Waals surface area contributed by atoms with Gasteiger partial charge in [-0.25, -0.2) is 0 Å². The van der Waals surface area contributed by atoms with Crippen molar-refractivity contribution >= 4 is 23.2 Å². The van der Waals surface area contributed by atoms with Crippen LogP contribution in [0.15, 0.2) is 24.3 Å². The zero-order valence-electron chi connectivity index (χ0n) is 14.1. The smallest absolute Gasteiger partial charge is 0.225 e. The minimum Gasteiger partial charge on any atom is -0.326 e. The van der Waals surface area contributed by atoms with Gasteiger partial charge in [-0.1, -0.05) is 6.07 Å². The van der Waals surface area contributed by atoms with Crippen molar-refractivity contribution in [3.05, 3.63) is 24.3 Å². The van der Waals surface area contributed by atoms with Gasteiger partial charge in [0.15, 0.2) is 0 Å². The fourth-order valence-corrected chi connectivity index (χ4v) is 2.80. The SMILES string of the molecule is CC(=O)Nc1cccc(NC(=O)CCN2CC[C@@H](N(C)C)C2)c1. The summed E-state index contributed by atoms with van der Waals surface area (Å²) in [5.74, 6) is -0.128. The second kappa shape index (κ2) is 8.08. The van der Waals surface area contributed by atoms with Gasteiger partial charge in [-0.15, -0.1) is 0 Å². The number of hydrogen-bond acceptors (Lipinski definition) is 4. The summed E-state index contributed by atoms with van der Waals surface area (Å²) in [5.41, 5.74) is 1.39. The van der Waals surface area contributed by atoms with Gasteiger partial charge in [-0.3, -0.25) is 9.59 Å². The molecule has 2 N–H and O–H groups in total. The van der Waals surface area contributed by atoms with Crippen molar-refractivity contribution in [2.75, 3.05) is 44.4 Å². The number of likely N-dealkylation sites (tertiary alicyclic amines) is 1. The predicted octanol–water partition coefficient (Wildman–Crippen LogP) is 1.61. The molecule has 6 heteroatoms. The number of carbonyl (C=O) groups excluding carboxylic acids is 2. The molecule has 1 aromatic rings. The molecule has 0 radical (unpaired) electrons. The molecule has 1 aliphatic heterocycles. The van der Waals surface area contributed by atoms with E-state index in [1.807, 2.05) is 12.1 Å². The first-order valence-electron chi connectivity index (χ1n) is 8.00. The van der Waals surface area contributed by atoms with E-state index < -0.39 is 0 Å². The standard InChI is InChI=1S/C17H26N4O2/c1-13(22)18-14-5-4-6-15(11-14)19-17(23)8-10-21-9-7-16(12-21)20(2)3/h4-6,11,16H,7-10,12H2,1-3H3,(H,18,22)(H,19,23)/t16-/m1/s1. The molecule has 0 unspecified atom stereocenters. The van der Waals surface area contributed by atoms with Gasteiger partial charge in [0.2, 0.25) is 11.8 Å². The largest absolute Gasteiger partial charge is 0.326 e. The summed E-state index contributed by atoms with van der Waals surface area (Å²) >= 11 is 0. The number of benzene rings is 1.